The van der Waals surface area contributed by atoms with E-state index in [1.807, 2.05) is 6.07 Å². The van der Waals surface area contributed by atoms with Crippen molar-refractivity contribution >= 4 is 22.2 Å². The van der Waals surface area contributed by atoms with Gasteiger partial charge in [0.2, 0.25) is 0 Å². The molecule has 4 nitrogen and oxygen atoms in total. The zero-order valence-corrected chi connectivity index (χ0v) is 11.0. The van der Waals surface area contributed by atoms with Crippen LogP contribution in [-0.2, 0) is 0 Å². The first-order valence-corrected chi connectivity index (χ1v) is 7.00. The van der Waals surface area contributed by atoms with Crippen LogP contribution in [0.3, 0.4) is 0 Å². The van der Waals surface area contributed by atoms with Crippen molar-refractivity contribution in [3.63, 3.8) is 0 Å². The first-order valence-electron chi connectivity index (χ1n) is 7.00. The Hall–Kier alpha value is -2.17. The van der Waals surface area contributed by atoms with Gasteiger partial charge in [0.25, 0.3) is 0 Å². The van der Waals surface area contributed by atoms with Crippen LogP contribution < -0.4 is 5.32 Å². The van der Waals surface area contributed by atoms with E-state index in [-0.39, 0.29) is 5.82 Å². The Labute approximate surface area is 115 Å². The Morgan fingerprint density at radius 1 is 1.20 bits per heavy atom. The molecule has 0 saturated heterocycles. The van der Waals surface area contributed by atoms with Gasteiger partial charge in [-0.2, -0.15) is 5.10 Å². The summed E-state index contributed by atoms with van der Waals surface area (Å²) >= 11 is 0. The van der Waals surface area contributed by atoms with Crippen molar-refractivity contribution in [3.05, 3.63) is 36.4 Å². The minimum Gasteiger partial charge on any atom is -0.367 e. The van der Waals surface area contributed by atoms with Crippen molar-refractivity contribution in [2.24, 2.45) is 0 Å². The number of hydrogen-bond acceptors (Lipinski definition) is 3. The Morgan fingerprint density at radius 2 is 2.05 bits per heavy atom. The van der Waals surface area contributed by atoms with Crippen LogP contribution in [0.1, 0.15) is 25.7 Å². The number of hydrogen-bond donors (Lipinski definition) is 1. The Balaban J connectivity index is 1.78. The molecule has 0 atom stereocenters. The average Bonchev–Trinajstić information content (AvgIpc) is 3.05. The van der Waals surface area contributed by atoms with Gasteiger partial charge in [0.15, 0.2) is 0 Å². The van der Waals surface area contributed by atoms with E-state index >= 15 is 0 Å². The summed E-state index contributed by atoms with van der Waals surface area (Å²) < 4.78 is 14.9. The summed E-state index contributed by atoms with van der Waals surface area (Å²) in [5.41, 5.74) is 1.61. The van der Waals surface area contributed by atoms with E-state index < -0.39 is 0 Å². The zero-order chi connectivity index (χ0) is 13.5. The maximum absolute atomic E-state index is 13.2. The summed E-state index contributed by atoms with van der Waals surface area (Å²) in [6, 6.07) is 7.20. The molecule has 20 heavy (non-hydrogen) atoms. The van der Waals surface area contributed by atoms with Crippen molar-refractivity contribution < 1.29 is 4.39 Å². The molecular weight excluding hydrogens is 255 g/mol. The van der Waals surface area contributed by atoms with Crippen molar-refractivity contribution in [2.75, 3.05) is 5.32 Å². The highest BCUT2D eigenvalue weighted by molar-refractivity contribution is 5.94. The third-order valence-corrected chi connectivity index (χ3v) is 3.98. The number of aromatic nitrogens is 3. The SMILES string of the molecule is Fc1ccc2c(c1)nn1cnc(NC3CCCC3)cc21. The molecule has 0 bridgehead atoms. The summed E-state index contributed by atoms with van der Waals surface area (Å²) in [6.45, 7) is 0. The Kier molecular flexibility index (Phi) is 2.58. The minimum absolute atomic E-state index is 0.266. The molecule has 0 spiro atoms. The molecule has 1 aliphatic carbocycles. The van der Waals surface area contributed by atoms with Crippen LogP contribution in [0.4, 0.5) is 10.2 Å². The monoisotopic (exact) mass is 270 g/mol. The van der Waals surface area contributed by atoms with Crippen molar-refractivity contribution in [2.45, 2.75) is 31.7 Å². The van der Waals surface area contributed by atoms with Gasteiger partial charge < -0.3 is 5.32 Å². The summed E-state index contributed by atoms with van der Waals surface area (Å²) in [5.74, 6) is 0.605. The second-order valence-electron chi connectivity index (χ2n) is 5.39. The van der Waals surface area contributed by atoms with Gasteiger partial charge in [-0.05, 0) is 25.0 Å². The van der Waals surface area contributed by atoms with E-state index in [9.17, 15) is 4.39 Å². The first-order chi connectivity index (χ1) is 9.79. The predicted octanol–water partition coefficient (Wildman–Crippen LogP) is 3.38. The second kappa shape index (κ2) is 4.44. The van der Waals surface area contributed by atoms with Gasteiger partial charge in [-0.1, -0.05) is 12.8 Å². The van der Waals surface area contributed by atoms with Crippen LogP contribution in [0.25, 0.3) is 16.4 Å². The lowest BCUT2D eigenvalue weighted by Crippen LogP contribution is -2.15. The van der Waals surface area contributed by atoms with E-state index in [1.54, 1.807) is 16.9 Å². The molecule has 3 aromatic rings. The summed E-state index contributed by atoms with van der Waals surface area (Å²) in [6.07, 6.45) is 6.67. The largest absolute Gasteiger partial charge is 0.367 e. The molecule has 2 aromatic heterocycles. The number of nitrogens with zero attached hydrogens (tertiary/aromatic N) is 3. The molecule has 0 amide bonds. The van der Waals surface area contributed by atoms with Crippen LogP contribution in [-0.4, -0.2) is 20.6 Å². The lowest BCUT2D eigenvalue weighted by atomic mass is 10.2. The highest BCUT2D eigenvalue weighted by atomic mass is 19.1. The molecule has 4 rings (SSSR count). The number of halogens is 1. The van der Waals surface area contributed by atoms with Gasteiger partial charge >= 0.3 is 0 Å². The third-order valence-electron chi connectivity index (χ3n) is 3.98. The van der Waals surface area contributed by atoms with E-state index in [1.165, 1.54) is 37.8 Å². The van der Waals surface area contributed by atoms with E-state index in [0.29, 0.717) is 11.6 Å². The fraction of sp³-hybridized carbons (Fsp3) is 0.333. The van der Waals surface area contributed by atoms with Crippen molar-refractivity contribution in [3.8, 4) is 0 Å². The summed E-state index contributed by atoms with van der Waals surface area (Å²) in [7, 11) is 0. The van der Waals surface area contributed by atoms with Crippen LogP contribution >= 0.6 is 0 Å². The molecule has 0 radical (unpaired) electrons. The number of anilines is 1. The van der Waals surface area contributed by atoms with Gasteiger partial charge in [-0.3, -0.25) is 0 Å². The normalized spacial score (nSPS) is 16.2. The second-order valence-corrected chi connectivity index (χ2v) is 5.39. The molecule has 0 aliphatic heterocycles. The lowest BCUT2D eigenvalue weighted by Gasteiger charge is -2.12. The van der Waals surface area contributed by atoms with Gasteiger partial charge in [0, 0.05) is 23.6 Å². The van der Waals surface area contributed by atoms with Crippen LogP contribution in [0, 0.1) is 5.82 Å². The molecule has 1 N–H and O–H groups in total. The highest BCUT2D eigenvalue weighted by Crippen LogP contribution is 2.24. The molecule has 1 saturated carbocycles. The highest BCUT2D eigenvalue weighted by Gasteiger charge is 2.15. The molecule has 5 heteroatoms. The fourth-order valence-corrected chi connectivity index (χ4v) is 2.97. The van der Waals surface area contributed by atoms with Gasteiger partial charge in [0.05, 0.1) is 11.0 Å². The lowest BCUT2D eigenvalue weighted by molar-refractivity contribution is 0.629. The molecule has 2 heterocycles. The third kappa shape index (κ3) is 1.90. The van der Waals surface area contributed by atoms with Gasteiger partial charge in [-0.25, -0.2) is 13.9 Å². The smallest absolute Gasteiger partial charge is 0.130 e. The molecular formula is C15H15FN4. The average molecular weight is 270 g/mol. The van der Waals surface area contributed by atoms with Crippen LogP contribution in [0.5, 0.6) is 0 Å². The number of nitrogens with one attached hydrogen (secondary N) is 1. The van der Waals surface area contributed by atoms with Gasteiger partial charge in [-0.15, -0.1) is 0 Å². The molecule has 1 aromatic carbocycles. The summed E-state index contributed by atoms with van der Waals surface area (Å²) in [4.78, 5) is 4.38. The number of fused-ring (bicyclic) bond motifs is 3. The van der Waals surface area contributed by atoms with Crippen molar-refractivity contribution in [1.82, 2.24) is 14.6 Å². The fourth-order valence-electron chi connectivity index (χ4n) is 2.97. The Bertz CT molecular complexity index is 774. The maximum Gasteiger partial charge on any atom is 0.130 e. The quantitative estimate of drug-likeness (QED) is 0.776. The minimum atomic E-state index is -0.266. The predicted molar refractivity (Wildman–Crippen MR) is 76.3 cm³/mol. The maximum atomic E-state index is 13.2. The molecule has 102 valence electrons. The summed E-state index contributed by atoms with van der Waals surface area (Å²) in [5, 5.41) is 8.76. The van der Waals surface area contributed by atoms with Crippen LogP contribution in [0.15, 0.2) is 30.6 Å². The molecule has 0 unspecified atom stereocenters. The topological polar surface area (TPSA) is 42.2 Å². The first kappa shape index (κ1) is 11.6. The standard InChI is InChI=1S/C15H15FN4/c16-10-5-6-12-13(7-10)19-20-9-17-15(8-14(12)20)18-11-3-1-2-4-11/h5-9,11,18H,1-4H2. The van der Waals surface area contributed by atoms with E-state index in [4.69, 9.17) is 0 Å². The van der Waals surface area contributed by atoms with Gasteiger partial charge in [0.1, 0.15) is 18.0 Å². The molecule has 1 aliphatic rings. The zero-order valence-electron chi connectivity index (χ0n) is 11.0. The number of rotatable bonds is 2. The number of benzene rings is 1. The van der Waals surface area contributed by atoms with E-state index in [2.05, 4.69) is 15.4 Å². The van der Waals surface area contributed by atoms with Crippen molar-refractivity contribution in [1.29, 1.82) is 0 Å². The van der Waals surface area contributed by atoms with E-state index in [0.717, 1.165) is 16.7 Å². The molecule has 1 fully saturated rings. The van der Waals surface area contributed by atoms with Crippen LogP contribution in [0.2, 0.25) is 0 Å². The Morgan fingerprint density at radius 3 is 2.90 bits per heavy atom.